The largest absolute Gasteiger partial charge is 0.352 e. The zero-order valence-corrected chi connectivity index (χ0v) is 15.9. The van der Waals surface area contributed by atoms with Crippen molar-refractivity contribution in [1.29, 1.82) is 0 Å². The molecule has 3 heterocycles. The van der Waals surface area contributed by atoms with Gasteiger partial charge in [0.15, 0.2) is 0 Å². The standard InChI is InChI=1S/C22H21N5O2/c28-20(24-16-7-1-2-8-16)14-26-18-9-3-4-10-19(18)27-21(29)12-17(25-22(26)27)15-6-5-11-23-13-15/h3-6,9-13,16H,1-2,7-8,14H2,(H,24,28). The van der Waals surface area contributed by atoms with E-state index >= 15 is 0 Å². The van der Waals surface area contributed by atoms with E-state index in [-0.39, 0.29) is 24.1 Å². The molecule has 1 amide bonds. The van der Waals surface area contributed by atoms with Crippen LogP contribution < -0.4 is 10.9 Å². The molecule has 29 heavy (non-hydrogen) atoms. The van der Waals surface area contributed by atoms with Crippen LogP contribution in [-0.4, -0.2) is 30.9 Å². The van der Waals surface area contributed by atoms with Crippen LogP contribution in [-0.2, 0) is 11.3 Å². The third-order valence-corrected chi connectivity index (χ3v) is 5.54. The van der Waals surface area contributed by atoms with E-state index in [1.54, 1.807) is 16.8 Å². The van der Waals surface area contributed by atoms with Gasteiger partial charge in [-0.15, -0.1) is 0 Å². The number of aromatic nitrogens is 4. The zero-order chi connectivity index (χ0) is 19.8. The summed E-state index contributed by atoms with van der Waals surface area (Å²) >= 11 is 0. The van der Waals surface area contributed by atoms with Crippen LogP contribution in [0.4, 0.5) is 0 Å². The number of hydrogen-bond donors (Lipinski definition) is 1. The van der Waals surface area contributed by atoms with Crippen LogP contribution in [0.3, 0.4) is 0 Å². The van der Waals surface area contributed by atoms with E-state index in [0.29, 0.717) is 11.5 Å². The first kappa shape index (κ1) is 17.6. The van der Waals surface area contributed by atoms with Crippen molar-refractivity contribution in [2.75, 3.05) is 0 Å². The number of benzene rings is 1. The number of pyridine rings is 1. The maximum Gasteiger partial charge on any atom is 0.260 e. The Hall–Kier alpha value is -3.48. The molecule has 1 fully saturated rings. The van der Waals surface area contributed by atoms with E-state index in [4.69, 9.17) is 4.98 Å². The predicted octanol–water partition coefficient (Wildman–Crippen LogP) is 2.77. The quantitative estimate of drug-likeness (QED) is 0.584. The topological polar surface area (TPSA) is 81.3 Å². The highest BCUT2D eigenvalue weighted by atomic mass is 16.2. The fourth-order valence-electron chi connectivity index (χ4n) is 4.17. The molecule has 1 N–H and O–H groups in total. The van der Waals surface area contributed by atoms with Gasteiger partial charge in [-0.2, -0.15) is 0 Å². The van der Waals surface area contributed by atoms with Gasteiger partial charge in [0.2, 0.25) is 11.7 Å². The Balaban J connectivity index is 1.65. The summed E-state index contributed by atoms with van der Waals surface area (Å²) in [6, 6.07) is 13.0. The molecule has 146 valence electrons. The Morgan fingerprint density at radius 1 is 1.10 bits per heavy atom. The molecule has 0 radical (unpaired) electrons. The van der Waals surface area contributed by atoms with E-state index in [0.717, 1.165) is 42.3 Å². The van der Waals surface area contributed by atoms with E-state index in [1.807, 2.05) is 41.0 Å². The van der Waals surface area contributed by atoms with Gasteiger partial charge in [-0.25, -0.2) is 9.38 Å². The van der Waals surface area contributed by atoms with Crippen molar-refractivity contribution in [3.05, 3.63) is 65.2 Å². The third-order valence-electron chi connectivity index (χ3n) is 5.54. The number of carbonyl (C=O) groups is 1. The van der Waals surface area contributed by atoms with Crippen molar-refractivity contribution < 1.29 is 4.79 Å². The molecule has 0 aliphatic heterocycles. The maximum absolute atomic E-state index is 13.0. The Labute approximate surface area is 167 Å². The highest BCUT2D eigenvalue weighted by molar-refractivity contribution is 5.85. The van der Waals surface area contributed by atoms with Crippen LogP contribution in [0.5, 0.6) is 0 Å². The normalized spacial score (nSPS) is 14.6. The number of amides is 1. The van der Waals surface area contributed by atoms with Gasteiger partial charge in [0.25, 0.3) is 5.56 Å². The molecule has 1 aliphatic rings. The second-order valence-electron chi connectivity index (χ2n) is 7.48. The van der Waals surface area contributed by atoms with Gasteiger partial charge >= 0.3 is 0 Å². The van der Waals surface area contributed by atoms with Gasteiger partial charge in [-0.3, -0.25) is 14.6 Å². The lowest BCUT2D eigenvalue weighted by molar-refractivity contribution is -0.122. The second-order valence-corrected chi connectivity index (χ2v) is 7.48. The molecule has 4 aromatic rings. The number of carbonyl (C=O) groups excluding carboxylic acids is 1. The number of nitrogens with one attached hydrogen (secondary N) is 1. The zero-order valence-electron chi connectivity index (χ0n) is 15.9. The van der Waals surface area contributed by atoms with Crippen LogP contribution in [0.1, 0.15) is 25.7 Å². The van der Waals surface area contributed by atoms with Gasteiger partial charge in [-0.05, 0) is 37.1 Å². The molecule has 5 rings (SSSR count). The molecule has 7 nitrogen and oxygen atoms in total. The number of hydrogen-bond acceptors (Lipinski definition) is 4. The molecule has 0 spiro atoms. The molecule has 0 unspecified atom stereocenters. The first-order valence-corrected chi connectivity index (χ1v) is 9.91. The van der Waals surface area contributed by atoms with Crippen LogP contribution in [0.15, 0.2) is 59.7 Å². The van der Waals surface area contributed by atoms with Crippen LogP contribution in [0.25, 0.3) is 28.1 Å². The van der Waals surface area contributed by atoms with Gasteiger partial charge in [0.1, 0.15) is 6.54 Å². The summed E-state index contributed by atoms with van der Waals surface area (Å²) in [5.41, 5.74) is 2.68. The van der Waals surface area contributed by atoms with Crippen LogP contribution >= 0.6 is 0 Å². The maximum atomic E-state index is 13.0. The number of para-hydroxylation sites is 2. The second kappa shape index (κ2) is 7.16. The summed E-state index contributed by atoms with van der Waals surface area (Å²) < 4.78 is 3.39. The molecule has 0 saturated heterocycles. The Morgan fingerprint density at radius 3 is 2.66 bits per heavy atom. The Kier molecular flexibility index (Phi) is 4.35. The fourth-order valence-corrected chi connectivity index (χ4v) is 4.17. The SMILES string of the molecule is O=C(Cn1c2ccccc2n2c(=O)cc(-c3cccnc3)nc12)NC1CCCC1. The summed E-state index contributed by atoms with van der Waals surface area (Å²) in [5.74, 6) is 0.403. The van der Waals surface area contributed by atoms with Crippen LogP contribution in [0, 0.1) is 0 Å². The fraction of sp³-hybridized carbons (Fsp3) is 0.273. The molecular weight excluding hydrogens is 366 g/mol. The Bertz CT molecular complexity index is 1250. The van der Waals surface area contributed by atoms with Crippen molar-refractivity contribution in [3.8, 4) is 11.3 Å². The monoisotopic (exact) mass is 387 g/mol. The minimum Gasteiger partial charge on any atom is -0.352 e. The lowest BCUT2D eigenvalue weighted by Gasteiger charge is -2.13. The van der Waals surface area contributed by atoms with Crippen molar-refractivity contribution in [1.82, 2.24) is 24.3 Å². The average molecular weight is 387 g/mol. The highest BCUT2D eigenvalue weighted by Crippen LogP contribution is 2.22. The van der Waals surface area contributed by atoms with E-state index in [9.17, 15) is 9.59 Å². The molecule has 1 aliphatic carbocycles. The molecule has 0 atom stereocenters. The molecule has 1 saturated carbocycles. The minimum atomic E-state index is -0.181. The summed E-state index contributed by atoms with van der Waals surface area (Å²) in [6.45, 7) is 0.121. The van der Waals surface area contributed by atoms with E-state index in [1.165, 1.54) is 6.07 Å². The van der Waals surface area contributed by atoms with Gasteiger partial charge < -0.3 is 9.88 Å². The smallest absolute Gasteiger partial charge is 0.260 e. The van der Waals surface area contributed by atoms with Crippen LogP contribution in [0.2, 0.25) is 0 Å². The highest BCUT2D eigenvalue weighted by Gasteiger charge is 2.20. The molecule has 0 bridgehead atoms. The number of imidazole rings is 1. The molecule has 1 aromatic carbocycles. The van der Waals surface area contributed by atoms with Gasteiger partial charge in [-0.1, -0.05) is 25.0 Å². The molecule has 7 heteroatoms. The summed E-state index contributed by atoms with van der Waals surface area (Å²) in [5, 5.41) is 3.12. The van der Waals surface area contributed by atoms with E-state index in [2.05, 4.69) is 10.3 Å². The number of fused-ring (bicyclic) bond motifs is 3. The predicted molar refractivity (Wildman–Crippen MR) is 111 cm³/mol. The van der Waals surface area contributed by atoms with Crippen molar-refractivity contribution in [2.24, 2.45) is 0 Å². The van der Waals surface area contributed by atoms with Gasteiger partial charge in [0, 0.05) is 30.1 Å². The van der Waals surface area contributed by atoms with Crippen molar-refractivity contribution in [3.63, 3.8) is 0 Å². The lowest BCUT2D eigenvalue weighted by Crippen LogP contribution is -2.35. The summed E-state index contributed by atoms with van der Waals surface area (Å²) in [7, 11) is 0. The Morgan fingerprint density at radius 2 is 1.90 bits per heavy atom. The summed E-state index contributed by atoms with van der Waals surface area (Å²) in [6.07, 6.45) is 7.73. The lowest BCUT2D eigenvalue weighted by atomic mass is 10.2. The van der Waals surface area contributed by atoms with Crippen molar-refractivity contribution in [2.45, 2.75) is 38.3 Å². The average Bonchev–Trinajstić information content (AvgIpc) is 3.35. The van der Waals surface area contributed by atoms with E-state index < -0.39 is 0 Å². The number of nitrogens with zero attached hydrogens (tertiary/aromatic N) is 4. The third kappa shape index (κ3) is 3.18. The summed E-state index contributed by atoms with van der Waals surface area (Å²) in [4.78, 5) is 34.5. The van der Waals surface area contributed by atoms with Gasteiger partial charge in [0.05, 0.1) is 16.7 Å². The molecule has 3 aromatic heterocycles. The first-order chi connectivity index (χ1) is 14.2. The molecular formula is C22H21N5O2. The minimum absolute atomic E-state index is 0.0545. The first-order valence-electron chi connectivity index (χ1n) is 9.91. The number of rotatable bonds is 4. The van der Waals surface area contributed by atoms with Crippen molar-refractivity contribution >= 4 is 22.7 Å².